The van der Waals surface area contributed by atoms with E-state index in [-0.39, 0.29) is 16.8 Å². The number of carbonyl (C=O) groups excluding carboxylic acids is 3. The molecular formula is C25H26FN3O3. The van der Waals surface area contributed by atoms with Crippen LogP contribution >= 0.6 is 0 Å². The van der Waals surface area contributed by atoms with Gasteiger partial charge in [-0.25, -0.2) is 14.1 Å². The van der Waals surface area contributed by atoms with E-state index in [1.807, 2.05) is 13.0 Å². The number of amides is 4. The zero-order chi connectivity index (χ0) is 23.4. The summed E-state index contributed by atoms with van der Waals surface area (Å²) in [7, 11) is 2.07. The molecule has 166 valence electrons. The molecule has 4 rings (SSSR count). The second kappa shape index (κ2) is 7.58. The first-order chi connectivity index (χ1) is 15.0. The van der Waals surface area contributed by atoms with Crippen molar-refractivity contribution in [1.29, 1.82) is 0 Å². The van der Waals surface area contributed by atoms with E-state index in [2.05, 4.69) is 44.1 Å². The molecule has 0 spiro atoms. The maximum absolute atomic E-state index is 14.3. The lowest BCUT2D eigenvalue weighted by molar-refractivity contribution is -0.122. The first-order valence-corrected chi connectivity index (χ1v) is 10.6. The van der Waals surface area contributed by atoms with Crippen LogP contribution in [0.3, 0.4) is 0 Å². The Morgan fingerprint density at radius 2 is 1.81 bits per heavy atom. The Balaban J connectivity index is 1.79. The predicted octanol–water partition coefficient (Wildman–Crippen LogP) is 4.52. The highest BCUT2D eigenvalue weighted by Gasteiger charge is 2.38. The Bertz CT molecular complexity index is 1180. The van der Waals surface area contributed by atoms with Gasteiger partial charge < -0.3 is 4.90 Å². The number of benzene rings is 2. The van der Waals surface area contributed by atoms with Gasteiger partial charge in [-0.05, 0) is 80.1 Å². The van der Waals surface area contributed by atoms with Crippen LogP contribution < -0.4 is 15.1 Å². The smallest absolute Gasteiger partial charge is 0.336 e. The quantitative estimate of drug-likeness (QED) is 0.556. The first-order valence-electron chi connectivity index (χ1n) is 10.6. The van der Waals surface area contributed by atoms with Crippen molar-refractivity contribution in [2.45, 2.75) is 45.6 Å². The number of urea groups is 1. The van der Waals surface area contributed by atoms with E-state index in [0.717, 1.165) is 29.3 Å². The summed E-state index contributed by atoms with van der Waals surface area (Å²) in [5.74, 6) is -2.08. The Kier molecular flexibility index (Phi) is 5.15. The maximum Gasteiger partial charge on any atom is 0.336 e. The molecule has 2 aliphatic heterocycles. The largest absolute Gasteiger partial charge is 0.369 e. The fourth-order valence-electron chi connectivity index (χ4n) is 4.55. The van der Waals surface area contributed by atoms with Crippen LogP contribution in [0, 0.1) is 12.7 Å². The maximum atomic E-state index is 14.3. The molecule has 2 aliphatic rings. The molecule has 2 aromatic carbocycles. The van der Waals surface area contributed by atoms with Crippen molar-refractivity contribution in [3.8, 4) is 0 Å². The van der Waals surface area contributed by atoms with Gasteiger partial charge in [0.05, 0.1) is 5.69 Å². The zero-order valence-corrected chi connectivity index (χ0v) is 18.8. The molecule has 0 radical (unpaired) electrons. The summed E-state index contributed by atoms with van der Waals surface area (Å²) in [6, 6.07) is 8.55. The third-order valence-corrected chi connectivity index (χ3v) is 6.52. The molecule has 7 heteroatoms. The van der Waals surface area contributed by atoms with Gasteiger partial charge in [-0.15, -0.1) is 0 Å². The molecule has 0 bridgehead atoms. The Hall–Kier alpha value is -3.48. The summed E-state index contributed by atoms with van der Waals surface area (Å²) < 4.78 is 14.3. The normalized spacial score (nSPS) is 21.6. The standard InChI is InChI=1S/C25H26FN3O3/c1-14-10-21-17(15(2)13-25(3,4)28(21)5)11-16(14)12-18-22(30)27-24(32)29(23(18)31)20-9-7-6-8-19(20)26/h6-12,15H,13H2,1-5H3,(H,27,30,32)/b18-12+/t15-/m0/s1. The number of carbonyl (C=O) groups is 3. The van der Waals surface area contributed by atoms with Gasteiger partial charge >= 0.3 is 6.03 Å². The molecule has 0 aliphatic carbocycles. The van der Waals surface area contributed by atoms with Crippen LogP contribution in [0.1, 0.15) is 49.8 Å². The second-order valence-corrected chi connectivity index (χ2v) is 9.15. The lowest BCUT2D eigenvalue weighted by Gasteiger charge is -2.45. The average Bonchev–Trinajstić information content (AvgIpc) is 2.71. The molecule has 2 heterocycles. The van der Waals surface area contributed by atoms with E-state index in [0.29, 0.717) is 16.4 Å². The number of nitrogens with one attached hydrogen (secondary N) is 1. The summed E-state index contributed by atoms with van der Waals surface area (Å²) in [5.41, 5.74) is 3.46. The predicted molar refractivity (Wildman–Crippen MR) is 122 cm³/mol. The lowest BCUT2D eigenvalue weighted by atomic mass is 9.79. The summed E-state index contributed by atoms with van der Waals surface area (Å²) in [5, 5.41) is 2.15. The number of aryl methyl sites for hydroxylation is 1. The van der Waals surface area contributed by atoms with Crippen LogP contribution in [0.4, 0.5) is 20.6 Å². The van der Waals surface area contributed by atoms with Gasteiger partial charge in [0, 0.05) is 18.3 Å². The topological polar surface area (TPSA) is 69.7 Å². The van der Waals surface area contributed by atoms with E-state index >= 15 is 0 Å². The number of halogens is 1. The van der Waals surface area contributed by atoms with Gasteiger partial charge in [0.1, 0.15) is 11.4 Å². The van der Waals surface area contributed by atoms with Crippen molar-refractivity contribution < 1.29 is 18.8 Å². The van der Waals surface area contributed by atoms with Crippen LogP contribution in [-0.2, 0) is 9.59 Å². The molecule has 1 fully saturated rings. The molecule has 2 aromatic rings. The Labute approximate surface area is 186 Å². The van der Waals surface area contributed by atoms with Crippen molar-refractivity contribution in [3.05, 3.63) is 64.5 Å². The number of fused-ring (bicyclic) bond motifs is 1. The van der Waals surface area contributed by atoms with Gasteiger partial charge in [-0.2, -0.15) is 0 Å². The number of para-hydroxylation sites is 1. The zero-order valence-electron chi connectivity index (χ0n) is 18.8. The summed E-state index contributed by atoms with van der Waals surface area (Å²) >= 11 is 0. The fourth-order valence-corrected chi connectivity index (χ4v) is 4.55. The summed E-state index contributed by atoms with van der Waals surface area (Å²) in [6.45, 7) is 8.49. The Morgan fingerprint density at radius 3 is 2.50 bits per heavy atom. The number of imide groups is 2. The number of hydrogen-bond acceptors (Lipinski definition) is 4. The minimum atomic E-state index is -0.970. The van der Waals surface area contributed by atoms with Crippen LogP contribution in [0.15, 0.2) is 42.0 Å². The Morgan fingerprint density at radius 1 is 1.12 bits per heavy atom. The first kappa shape index (κ1) is 21.7. The molecule has 1 saturated heterocycles. The number of barbiturate groups is 1. The number of anilines is 2. The van der Waals surface area contributed by atoms with Crippen molar-refractivity contribution in [2.24, 2.45) is 0 Å². The second-order valence-electron chi connectivity index (χ2n) is 9.15. The van der Waals surface area contributed by atoms with Gasteiger partial charge in [0.2, 0.25) is 0 Å². The van der Waals surface area contributed by atoms with Gasteiger partial charge in [0.25, 0.3) is 11.8 Å². The van der Waals surface area contributed by atoms with E-state index in [1.54, 1.807) is 0 Å². The van der Waals surface area contributed by atoms with Gasteiger partial charge in [-0.1, -0.05) is 19.1 Å². The molecule has 4 amide bonds. The van der Waals surface area contributed by atoms with Crippen molar-refractivity contribution >= 4 is 35.3 Å². The third-order valence-electron chi connectivity index (χ3n) is 6.52. The van der Waals surface area contributed by atoms with Crippen LogP contribution in [0.5, 0.6) is 0 Å². The monoisotopic (exact) mass is 435 g/mol. The molecule has 32 heavy (non-hydrogen) atoms. The lowest BCUT2D eigenvalue weighted by Crippen LogP contribution is -2.54. The SMILES string of the molecule is Cc1cc2c(cc1/C=C1\C(=O)NC(=O)N(c3ccccc3F)C1=O)[C@@H](C)CC(C)(C)N2C. The number of hydrogen-bond donors (Lipinski definition) is 1. The summed E-state index contributed by atoms with van der Waals surface area (Å²) in [6.07, 6.45) is 2.45. The number of nitrogens with zero attached hydrogens (tertiary/aromatic N) is 2. The highest BCUT2D eigenvalue weighted by Crippen LogP contribution is 2.43. The number of rotatable bonds is 2. The van der Waals surface area contributed by atoms with Crippen molar-refractivity contribution in [2.75, 3.05) is 16.8 Å². The molecule has 0 unspecified atom stereocenters. The highest BCUT2D eigenvalue weighted by atomic mass is 19.1. The van der Waals surface area contributed by atoms with E-state index in [1.165, 1.54) is 24.3 Å². The van der Waals surface area contributed by atoms with Crippen molar-refractivity contribution in [3.63, 3.8) is 0 Å². The summed E-state index contributed by atoms with van der Waals surface area (Å²) in [4.78, 5) is 40.9. The molecule has 6 nitrogen and oxygen atoms in total. The molecule has 0 saturated carbocycles. The van der Waals surface area contributed by atoms with Crippen molar-refractivity contribution in [1.82, 2.24) is 5.32 Å². The molecule has 0 aromatic heterocycles. The molecule has 1 N–H and O–H groups in total. The van der Waals surface area contributed by atoms with Crippen LogP contribution in [-0.4, -0.2) is 30.4 Å². The minimum absolute atomic E-state index is 0.0126. The molecule has 1 atom stereocenters. The van der Waals surface area contributed by atoms with Crippen LogP contribution in [0.2, 0.25) is 0 Å². The van der Waals surface area contributed by atoms with E-state index in [4.69, 9.17) is 0 Å². The van der Waals surface area contributed by atoms with Gasteiger partial charge in [0.15, 0.2) is 0 Å². The minimum Gasteiger partial charge on any atom is -0.369 e. The highest BCUT2D eigenvalue weighted by molar-refractivity contribution is 6.39. The van der Waals surface area contributed by atoms with Crippen LogP contribution in [0.25, 0.3) is 6.08 Å². The van der Waals surface area contributed by atoms with E-state index in [9.17, 15) is 18.8 Å². The average molecular weight is 435 g/mol. The third kappa shape index (κ3) is 3.47. The fraction of sp³-hybridized carbons (Fsp3) is 0.320. The van der Waals surface area contributed by atoms with Gasteiger partial charge in [-0.3, -0.25) is 14.9 Å². The van der Waals surface area contributed by atoms with E-state index < -0.39 is 23.7 Å². The molecular weight excluding hydrogens is 409 g/mol.